The van der Waals surface area contributed by atoms with Gasteiger partial charge in [0.05, 0.1) is 0 Å². The number of nitrogens with zero attached hydrogens (tertiary/aromatic N) is 2. The third kappa shape index (κ3) is 6.47. The van der Waals surface area contributed by atoms with Crippen LogP contribution in [0.3, 0.4) is 0 Å². The molecule has 0 aromatic heterocycles. The molecule has 25 heavy (non-hydrogen) atoms. The molecule has 13 nitrogen and oxygen atoms in total. The molecule has 20 heteroatoms. The standard InChI is InChI=1S/C5H18Cl2N5O8P5/c1-16-23(13)9-21(6,11-24(14,17-2)18-3)8-22(7,10-23)12-25(15,19-4)20-5/h1-5H3,(H,9,13)(H,11,14)(H,12,15)/t21-,22+,23+/m1/s1. The number of hydrogen-bond acceptors (Lipinski definition) is 9. The highest BCUT2D eigenvalue weighted by molar-refractivity contribution is 8.06. The van der Waals surface area contributed by atoms with Gasteiger partial charge in [-0.15, -0.1) is 0 Å². The molecule has 3 N–H and O–H groups in total. The molecule has 0 bridgehead atoms. The van der Waals surface area contributed by atoms with Crippen LogP contribution < -0.4 is 14.6 Å². The van der Waals surface area contributed by atoms with Crippen molar-refractivity contribution < 1.29 is 36.3 Å². The summed E-state index contributed by atoms with van der Waals surface area (Å²) >= 11 is 12.5. The maximum absolute atomic E-state index is 12.7. The van der Waals surface area contributed by atoms with Crippen LogP contribution in [0.4, 0.5) is 0 Å². The van der Waals surface area contributed by atoms with E-state index >= 15 is 0 Å². The summed E-state index contributed by atoms with van der Waals surface area (Å²) in [6.45, 7) is -7.41. The molecule has 0 amide bonds. The molecule has 3 atom stereocenters. The molecule has 0 aromatic carbocycles. The average molecular weight is 502 g/mol. The van der Waals surface area contributed by atoms with Gasteiger partial charge < -0.3 is 4.52 Å². The second kappa shape index (κ2) is 8.83. The summed E-state index contributed by atoms with van der Waals surface area (Å²) in [6, 6.07) is 0. The largest absolute Gasteiger partial charge is 0.411 e. The third-order valence-electron chi connectivity index (χ3n) is 2.45. The summed E-state index contributed by atoms with van der Waals surface area (Å²) in [5, 5.41) is 0. The average Bonchev–Trinajstić information content (AvgIpc) is 2.52. The maximum atomic E-state index is 12.7. The highest BCUT2D eigenvalue weighted by Gasteiger charge is 2.45. The lowest BCUT2D eigenvalue weighted by atomic mass is 11.8. The Kier molecular flexibility index (Phi) is 8.63. The molecule has 0 unspecified atom stereocenters. The molecule has 150 valence electrons. The summed E-state index contributed by atoms with van der Waals surface area (Å²) in [7, 11) is -6.43. The van der Waals surface area contributed by atoms with E-state index in [0.717, 1.165) is 35.5 Å². The first kappa shape index (κ1) is 24.4. The van der Waals surface area contributed by atoms with E-state index in [9.17, 15) is 13.7 Å². The van der Waals surface area contributed by atoms with E-state index in [-0.39, 0.29) is 0 Å². The molecule has 1 heterocycles. The zero-order chi connectivity index (χ0) is 19.6. The van der Waals surface area contributed by atoms with Gasteiger partial charge in [0.15, 0.2) is 0 Å². The zero-order valence-electron chi connectivity index (χ0n) is 13.7. The van der Waals surface area contributed by atoms with Crippen molar-refractivity contribution in [1.82, 2.24) is 14.6 Å². The lowest BCUT2D eigenvalue weighted by Gasteiger charge is -2.32. The molecular formula is C5H18Cl2N5O8P5. The lowest BCUT2D eigenvalue weighted by Crippen LogP contribution is -2.20. The van der Waals surface area contributed by atoms with E-state index in [1.54, 1.807) is 0 Å². The third-order valence-corrected chi connectivity index (χ3v) is 18.7. The summed E-state index contributed by atoms with van der Waals surface area (Å²) < 4.78 is 68.7. The van der Waals surface area contributed by atoms with E-state index in [2.05, 4.69) is 23.6 Å². The highest BCUT2D eigenvalue weighted by Crippen LogP contribution is 2.79. The molecule has 1 aliphatic heterocycles. The Hall–Kier alpha value is 1.41. The molecule has 0 spiro atoms. The van der Waals surface area contributed by atoms with Gasteiger partial charge in [-0.1, -0.05) is 0 Å². The molecule has 0 radical (unpaired) electrons. The van der Waals surface area contributed by atoms with Crippen molar-refractivity contribution in [3.8, 4) is 0 Å². The first-order chi connectivity index (χ1) is 11.3. The molecular weight excluding hydrogens is 484 g/mol. The maximum Gasteiger partial charge on any atom is 0.411 e. The normalized spacial score (nSPS) is 33.6. The van der Waals surface area contributed by atoms with Crippen molar-refractivity contribution in [2.45, 2.75) is 0 Å². The van der Waals surface area contributed by atoms with Crippen molar-refractivity contribution in [3.05, 3.63) is 0 Å². The van der Waals surface area contributed by atoms with Crippen molar-refractivity contribution in [1.29, 1.82) is 0 Å². The van der Waals surface area contributed by atoms with Crippen molar-refractivity contribution in [2.75, 3.05) is 35.5 Å². The van der Waals surface area contributed by atoms with Gasteiger partial charge in [0, 0.05) is 35.5 Å². The van der Waals surface area contributed by atoms with Crippen molar-refractivity contribution in [3.63, 3.8) is 0 Å². The topological polar surface area (TPSA) is 158 Å². The second-order valence-corrected chi connectivity index (χ2v) is 17.7. The first-order valence-corrected chi connectivity index (χ1v) is 15.9. The molecule has 0 fully saturated rings. The fourth-order valence-corrected chi connectivity index (χ4v) is 19.1. The quantitative estimate of drug-likeness (QED) is 0.376. The van der Waals surface area contributed by atoms with Crippen LogP contribution in [-0.2, 0) is 36.3 Å². The molecule has 0 aliphatic carbocycles. The summed E-state index contributed by atoms with van der Waals surface area (Å²) in [5.74, 6) is 0. The van der Waals surface area contributed by atoms with Gasteiger partial charge in [0.25, 0.3) is 0 Å². The van der Waals surface area contributed by atoms with Crippen LogP contribution in [0.1, 0.15) is 0 Å². The highest BCUT2D eigenvalue weighted by atomic mass is 35.7. The van der Waals surface area contributed by atoms with Gasteiger partial charge in [-0.3, -0.25) is 18.1 Å². The zero-order valence-corrected chi connectivity index (χ0v) is 19.6. The second-order valence-electron chi connectivity index (χ2n) is 3.99. The monoisotopic (exact) mass is 501 g/mol. The van der Waals surface area contributed by atoms with Crippen molar-refractivity contribution >= 4 is 59.1 Å². The number of rotatable bonds is 9. The van der Waals surface area contributed by atoms with Gasteiger partial charge in [-0.05, 0) is 22.5 Å². The minimum atomic E-state index is -4.02. The van der Waals surface area contributed by atoms with Crippen LogP contribution in [0.2, 0.25) is 0 Å². The summed E-state index contributed by atoms with van der Waals surface area (Å²) in [5.41, 5.74) is 0. The molecule has 1 rings (SSSR count). The first-order valence-electron chi connectivity index (χ1n) is 5.98. The van der Waals surface area contributed by atoms with Crippen LogP contribution in [0, 0.1) is 0 Å². The Morgan fingerprint density at radius 2 is 1.32 bits per heavy atom. The Bertz CT molecular complexity index is 744. The Balaban J connectivity index is 3.49. The van der Waals surface area contributed by atoms with Gasteiger partial charge >= 0.3 is 23.2 Å². The summed E-state index contributed by atoms with van der Waals surface area (Å²) in [4.78, 5) is 6.90. The van der Waals surface area contributed by atoms with E-state index in [1.165, 1.54) is 0 Å². The molecule has 0 saturated heterocycles. The minimum Gasteiger partial charge on any atom is -0.304 e. The molecule has 1 aliphatic rings. The van der Waals surface area contributed by atoms with E-state index in [1.807, 2.05) is 0 Å². The van der Waals surface area contributed by atoms with Crippen LogP contribution in [-0.4, -0.2) is 35.5 Å². The van der Waals surface area contributed by atoms with Gasteiger partial charge in [-0.25, -0.2) is 13.7 Å². The van der Waals surface area contributed by atoms with Crippen LogP contribution in [0.5, 0.6) is 0 Å². The van der Waals surface area contributed by atoms with Crippen LogP contribution in [0.25, 0.3) is 0 Å². The Morgan fingerprint density at radius 3 is 1.72 bits per heavy atom. The number of hydrogen-bond donors (Lipinski definition) is 3. The number of halogens is 2. The molecule has 0 aromatic rings. The Labute approximate surface area is 154 Å². The van der Waals surface area contributed by atoms with Gasteiger partial charge in [0.2, 0.25) is 13.4 Å². The van der Waals surface area contributed by atoms with E-state index in [4.69, 9.17) is 45.1 Å². The fraction of sp³-hybridized carbons (Fsp3) is 1.00. The van der Waals surface area contributed by atoms with Crippen molar-refractivity contribution in [2.24, 2.45) is 9.03 Å². The number of nitrogens with one attached hydrogen (secondary N) is 3. The fourth-order valence-electron chi connectivity index (χ4n) is 1.33. The lowest BCUT2D eigenvalue weighted by molar-refractivity contribution is 0.272. The summed E-state index contributed by atoms with van der Waals surface area (Å²) in [6.07, 6.45) is 0. The SMILES string of the molecule is COP(=O)(N[P@]1(Cl)=N[P@@](=O)(OC)N[P@](Cl)(NP(=O)(OC)OC)=N1)OC. The van der Waals surface area contributed by atoms with E-state index < -0.39 is 36.6 Å². The van der Waals surface area contributed by atoms with Crippen LogP contribution >= 0.6 is 59.1 Å². The minimum absolute atomic E-state index is 1.07. The predicted molar refractivity (Wildman–Crippen MR) is 97.7 cm³/mol. The smallest absolute Gasteiger partial charge is 0.304 e. The van der Waals surface area contributed by atoms with Gasteiger partial charge in [0.1, 0.15) is 0 Å². The Morgan fingerprint density at radius 1 is 0.880 bits per heavy atom. The van der Waals surface area contributed by atoms with Gasteiger partial charge in [-0.2, -0.15) is 23.6 Å². The molecule has 0 saturated carbocycles. The van der Waals surface area contributed by atoms with Crippen LogP contribution in [0.15, 0.2) is 9.03 Å². The predicted octanol–water partition coefficient (Wildman–Crippen LogP) is 4.70. The van der Waals surface area contributed by atoms with E-state index in [0.29, 0.717) is 0 Å².